The molecule has 1 N–H and O–H groups in total. The summed E-state index contributed by atoms with van der Waals surface area (Å²) >= 11 is 0. The fraction of sp³-hybridized carbons (Fsp3) is 0.562. The van der Waals surface area contributed by atoms with Crippen LogP contribution < -0.4 is 10.1 Å². The van der Waals surface area contributed by atoms with Crippen molar-refractivity contribution in [3.05, 3.63) is 23.8 Å². The quantitative estimate of drug-likeness (QED) is 0.837. The maximum Gasteiger partial charge on any atom is 0.141 e. The number of methoxy groups -OCH3 is 1. The summed E-state index contributed by atoms with van der Waals surface area (Å²) < 4.78 is 5.40. The van der Waals surface area contributed by atoms with Crippen LogP contribution in [-0.2, 0) is 0 Å². The molecule has 1 aromatic carbocycles. The Labute approximate surface area is 115 Å². The standard InChI is InChI=1S/C16H22N2O/c1-12-8-9-16(19-2)15(10-12)18-14-7-5-3-4-6-13(14)11-17/h8-10,13-14,18H,3-7H2,1-2H3. The van der Waals surface area contributed by atoms with Gasteiger partial charge >= 0.3 is 0 Å². The van der Waals surface area contributed by atoms with E-state index in [4.69, 9.17) is 4.74 Å². The van der Waals surface area contributed by atoms with Crippen LogP contribution >= 0.6 is 0 Å². The van der Waals surface area contributed by atoms with Gasteiger partial charge in [-0.05, 0) is 37.5 Å². The predicted octanol–water partition coefficient (Wildman–Crippen LogP) is 3.89. The summed E-state index contributed by atoms with van der Waals surface area (Å²) in [4.78, 5) is 0. The van der Waals surface area contributed by atoms with Crippen molar-refractivity contribution in [3.63, 3.8) is 0 Å². The SMILES string of the molecule is COc1ccc(C)cc1NC1CCCCCC1C#N. The summed E-state index contributed by atoms with van der Waals surface area (Å²) in [6.45, 7) is 2.07. The molecular formula is C16H22N2O. The molecule has 2 rings (SSSR count). The summed E-state index contributed by atoms with van der Waals surface area (Å²) in [5, 5.41) is 12.9. The molecule has 1 aromatic rings. The average Bonchev–Trinajstić information content (AvgIpc) is 2.64. The first-order valence-electron chi connectivity index (χ1n) is 7.05. The zero-order valence-electron chi connectivity index (χ0n) is 11.8. The lowest BCUT2D eigenvalue weighted by Crippen LogP contribution is -2.27. The third-order valence-electron chi connectivity index (χ3n) is 3.88. The van der Waals surface area contributed by atoms with E-state index in [2.05, 4.69) is 24.4 Å². The highest BCUT2D eigenvalue weighted by molar-refractivity contribution is 5.58. The molecule has 0 heterocycles. The van der Waals surface area contributed by atoms with Crippen LogP contribution in [0.1, 0.15) is 37.7 Å². The Bertz CT molecular complexity index is 464. The van der Waals surface area contributed by atoms with Gasteiger partial charge < -0.3 is 10.1 Å². The molecule has 3 heteroatoms. The Morgan fingerprint density at radius 3 is 2.79 bits per heavy atom. The number of rotatable bonds is 3. The first-order chi connectivity index (χ1) is 9.24. The van der Waals surface area contributed by atoms with Crippen LogP contribution in [0.4, 0.5) is 5.69 Å². The van der Waals surface area contributed by atoms with E-state index in [-0.39, 0.29) is 12.0 Å². The molecule has 19 heavy (non-hydrogen) atoms. The van der Waals surface area contributed by atoms with Crippen molar-refractivity contribution in [1.29, 1.82) is 5.26 Å². The highest BCUT2D eigenvalue weighted by Gasteiger charge is 2.24. The molecule has 0 spiro atoms. The monoisotopic (exact) mass is 258 g/mol. The molecule has 1 saturated carbocycles. The maximum atomic E-state index is 9.32. The van der Waals surface area contributed by atoms with E-state index in [9.17, 15) is 5.26 Å². The van der Waals surface area contributed by atoms with Gasteiger partial charge in [-0.15, -0.1) is 0 Å². The number of nitrogens with zero attached hydrogens (tertiary/aromatic N) is 1. The van der Waals surface area contributed by atoms with Gasteiger partial charge in [0.2, 0.25) is 0 Å². The van der Waals surface area contributed by atoms with Crippen LogP contribution in [-0.4, -0.2) is 13.2 Å². The molecule has 1 fully saturated rings. The average molecular weight is 258 g/mol. The van der Waals surface area contributed by atoms with Crippen LogP contribution in [0.3, 0.4) is 0 Å². The molecule has 1 aliphatic carbocycles. The minimum absolute atomic E-state index is 0.104. The van der Waals surface area contributed by atoms with Gasteiger partial charge in [-0.25, -0.2) is 0 Å². The van der Waals surface area contributed by atoms with Crippen molar-refractivity contribution in [2.24, 2.45) is 5.92 Å². The second kappa shape index (κ2) is 6.47. The third kappa shape index (κ3) is 3.41. The van der Waals surface area contributed by atoms with Crippen molar-refractivity contribution < 1.29 is 4.74 Å². The summed E-state index contributed by atoms with van der Waals surface area (Å²) in [6, 6.07) is 8.82. The second-order valence-corrected chi connectivity index (χ2v) is 5.33. The van der Waals surface area contributed by atoms with E-state index < -0.39 is 0 Å². The first kappa shape index (κ1) is 13.7. The van der Waals surface area contributed by atoms with Gasteiger partial charge in [-0.1, -0.05) is 25.3 Å². The van der Waals surface area contributed by atoms with Crippen molar-refractivity contribution >= 4 is 5.69 Å². The van der Waals surface area contributed by atoms with Crippen molar-refractivity contribution in [2.45, 2.75) is 45.1 Å². The van der Waals surface area contributed by atoms with E-state index >= 15 is 0 Å². The summed E-state index contributed by atoms with van der Waals surface area (Å²) in [7, 11) is 1.69. The van der Waals surface area contributed by atoms with E-state index in [0.717, 1.165) is 24.3 Å². The molecule has 0 saturated heterocycles. The molecule has 2 atom stereocenters. The fourth-order valence-electron chi connectivity index (χ4n) is 2.77. The highest BCUT2D eigenvalue weighted by Crippen LogP contribution is 2.31. The Morgan fingerprint density at radius 1 is 1.26 bits per heavy atom. The number of hydrogen-bond acceptors (Lipinski definition) is 3. The van der Waals surface area contributed by atoms with E-state index in [1.807, 2.05) is 12.1 Å². The van der Waals surface area contributed by atoms with Crippen LogP contribution in [0.25, 0.3) is 0 Å². The second-order valence-electron chi connectivity index (χ2n) is 5.33. The Kier molecular flexibility index (Phi) is 4.68. The molecule has 0 radical (unpaired) electrons. The number of aryl methyl sites for hydroxylation is 1. The smallest absolute Gasteiger partial charge is 0.141 e. The van der Waals surface area contributed by atoms with Crippen LogP contribution in [0.5, 0.6) is 5.75 Å². The van der Waals surface area contributed by atoms with Crippen LogP contribution in [0, 0.1) is 24.2 Å². The molecular weight excluding hydrogens is 236 g/mol. The van der Waals surface area contributed by atoms with E-state index in [0.29, 0.717) is 0 Å². The lowest BCUT2D eigenvalue weighted by molar-refractivity contribution is 0.414. The van der Waals surface area contributed by atoms with Gasteiger partial charge in [-0.3, -0.25) is 0 Å². The predicted molar refractivity (Wildman–Crippen MR) is 77.3 cm³/mol. The normalized spacial score (nSPS) is 23.2. The minimum Gasteiger partial charge on any atom is -0.495 e. The molecule has 0 aromatic heterocycles. The summed E-state index contributed by atoms with van der Waals surface area (Å²) in [6.07, 6.45) is 5.67. The van der Waals surface area contributed by atoms with E-state index in [1.165, 1.54) is 24.8 Å². The molecule has 3 nitrogen and oxygen atoms in total. The van der Waals surface area contributed by atoms with Gasteiger partial charge in [0.25, 0.3) is 0 Å². The number of benzene rings is 1. The van der Waals surface area contributed by atoms with Crippen molar-refractivity contribution in [3.8, 4) is 11.8 Å². The summed E-state index contributed by atoms with van der Waals surface area (Å²) in [5.74, 6) is 0.958. The lowest BCUT2D eigenvalue weighted by atomic mass is 9.96. The zero-order valence-corrected chi connectivity index (χ0v) is 11.8. The molecule has 1 aliphatic rings. The molecule has 0 bridgehead atoms. The lowest BCUT2D eigenvalue weighted by Gasteiger charge is -2.23. The minimum atomic E-state index is 0.104. The summed E-state index contributed by atoms with van der Waals surface area (Å²) in [5.41, 5.74) is 2.21. The third-order valence-corrected chi connectivity index (χ3v) is 3.88. The van der Waals surface area contributed by atoms with Gasteiger partial charge in [0, 0.05) is 6.04 Å². The van der Waals surface area contributed by atoms with Gasteiger partial charge in [-0.2, -0.15) is 5.26 Å². The first-order valence-corrected chi connectivity index (χ1v) is 7.05. The fourth-order valence-corrected chi connectivity index (χ4v) is 2.77. The topological polar surface area (TPSA) is 45.0 Å². The zero-order chi connectivity index (χ0) is 13.7. The molecule has 2 unspecified atom stereocenters. The Morgan fingerprint density at radius 2 is 2.05 bits per heavy atom. The molecule has 0 amide bonds. The van der Waals surface area contributed by atoms with Gasteiger partial charge in [0.05, 0.1) is 24.8 Å². The largest absolute Gasteiger partial charge is 0.495 e. The molecule has 0 aliphatic heterocycles. The van der Waals surface area contributed by atoms with Gasteiger partial charge in [0.15, 0.2) is 0 Å². The van der Waals surface area contributed by atoms with E-state index in [1.54, 1.807) is 7.11 Å². The number of ether oxygens (including phenoxy) is 1. The van der Waals surface area contributed by atoms with Crippen molar-refractivity contribution in [1.82, 2.24) is 0 Å². The van der Waals surface area contributed by atoms with Crippen LogP contribution in [0.2, 0.25) is 0 Å². The number of nitriles is 1. The van der Waals surface area contributed by atoms with Gasteiger partial charge in [0.1, 0.15) is 5.75 Å². The Hall–Kier alpha value is -1.69. The van der Waals surface area contributed by atoms with Crippen LogP contribution in [0.15, 0.2) is 18.2 Å². The number of nitrogens with one attached hydrogen (secondary N) is 1. The maximum absolute atomic E-state index is 9.32. The Balaban J connectivity index is 2.18. The highest BCUT2D eigenvalue weighted by atomic mass is 16.5. The molecule has 102 valence electrons. The number of anilines is 1. The van der Waals surface area contributed by atoms with Crippen molar-refractivity contribution in [2.75, 3.05) is 12.4 Å². The number of hydrogen-bond donors (Lipinski definition) is 1.